The van der Waals surface area contributed by atoms with Gasteiger partial charge in [0.2, 0.25) is 0 Å². The van der Waals surface area contributed by atoms with Gasteiger partial charge in [0, 0.05) is 12.2 Å². The van der Waals surface area contributed by atoms with E-state index in [1.54, 1.807) is 12.3 Å². The average molecular weight is 200 g/mol. The molecule has 0 saturated heterocycles. The summed E-state index contributed by atoms with van der Waals surface area (Å²) in [5.74, 6) is 0. The fourth-order valence-electron chi connectivity index (χ4n) is 1.18. The lowest BCUT2D eigenvalue weighted by Crippen LogP contribution is -2.34. The molecule has 2 unspecified atom stereocenters. The lowest BCUT2D eigenvalue weighted by Gasteiger charge is -2.18. The van der Waals surface area contributed by atoms with Crippen LogP contribution in [0, 0.1) is 0 Å². The molecule has 0 radical (unpaired) electrons. The van der Waals surface area contributed by atoms with E-state index in [1.165, 1.54) is 6.92 Å². The molecular formula is C10H14F2N2. The minimum Gasteiger partial charge on any atom is -0.301 e. The summed E-state index contributed by atoms with van der Waals surface area (Å²) in [6, 6.07) is 4.49. The minimum absolute atomic E-state index is 0.153. The molecule has 0 spiro atoms. The van der Waals surface area contributed by atoms with E-state index in [1.807, 2.05) is 19.1 Å². The van der Waals surface area contributed by atoms with Crippen LogP contribution in [0.15, 0.2) is 24.4 Å². The van der Waals surface area contributed by atoms with E-state index in [9.17, 15) is 8.78 Å². The van der Waals surface area contributed by atoms with Gasteiger partial charge in [-0.05, 0) is 26.0 Å². The van der Waals surface area contributed by atoms with Gasteiger partial charge in [0.1, 0.15) is 0 Å². The molecule has 78 valence electrons. The van der Waals surface area contributed by atoms with Crippen molar-refractivity contribution in [1.29, 1.82) is 0 Å². The Morgan fingerprint density at radius 3 is 2.50 bits per heavy atom. The van der Waals surface area contributed by atoms with Crippen molar-refractivity contribution < 1.29 is 8.78 Å². The van der Waals surface area contributed by atoms with Gasteiger partial charge in [0.15, 0.2) is 0 Å². The Kier molecular flexibility index (Phi) is 3.95. The third-order valence-electron chi connectivity index (χ3n) is 2.02. The summed E-state index contributed by atoms with van der Waals surface area (Å²) >= 11 is 0. The molecule has 0 aliphatic rings. The molecule has 0 fully saturated rings. The molecule has 1 N–H and O–H groups in total. The molecule has 2 nitrogen and oxygen atoms in total. The SMILES string of the molecule is CC(NC(C)C(F)F)c1ccccn1. The summed E-state index contributed by atoms with van der Waals surface area (Å²) in [7, 11) is 0. The van der Waals surface area contributed by atoms with E-state index in [0.717, 1.165) is 5.69 Å². The monoisotopic (exact) mass is 200 g/mol. The number of halogens is 2. The van der Waals surface area contributed by atoms with Crippen molar-refractivity contribution in [3.63, 3.8) is 0 Å². The second-order valence-corrected chi connectivity index (χ2v) is 3.27. The number of nitrogens with zero attached hydrogens (tertiary/aromatic N) is 1. The Morgan fingerprint density at radius 1 is 1.29 bits per heavy atom. The average Bonchev–Trinajstić information content (AvgIpc) is 2.19. The van der Waals surface area contributed by atoms with Crippen LogP contribution in [0.3, 0.4) is 0 Å². The van der Waals surface area contributed by atoms with Crippen molar-refractivity contribution in [2.45, 2.75) is 32.4 Å². The van der Waals surface area contributed by atoms with Crippen molar-refractivity contribution >= 4 is 0 Å². The second kappa shape index (κ2) is 5.00. The first kappa shape index (κ1) is 11.0. The van der Waals surface area contributed by atoms with Crippen LogP contribution in [-0.4, -0.2) is 17.5 Å². The van der Waals surface area contributed by atoms with Crippen LogP contribution in [-0.2, 0) is 0 Å². The number of hydrogen-bond acceptors (Lipinski definition) is 2. The zero-order valence-corrected chi connectivity index (χ0v) is 8.24. The van der Waals surface area contributed by atoms with Crippen LogP contribution in [0.4, 0.5) is 8.78 Å². The molecule has 0 bridgehead atoms. The highest BCUT2D eigenvalue weighted by Crippen LogP contribution is 2.11. The molecule has 0 aromatic carbocycles. The van der Waals surface area contributed by atoms with Crippen LogP contribution in [0.5, 0.6) is 0 Å². The zero-order valence-electron chi connectivity index (χ0n) is 8.24. The van der Waals surface area contributed by atoms with Crippen LogP contribution >= 0.6 is 0 Å². The van der Waals surface area contributed by atoms with Gasteiger partial charge in [-0.2, -0.15) is 0 Å². The number of rotatable bonds is 4. The molecule has 1 aromatic heterocycles. The predicted octanol–water partition coefficient (Wildman–Crippen LogP) is 2.39. The Bertz CT molecular complexity index is 264. The van der Waals surface area contributed by atoms with Crippen molar-refractivity contribution in [2.75, 3.05) is 0 Å². The molecule has 1 aromatic rings. The maximum atomic E-state index is 12.2. The Morgan fingerprint density at radius 2 is 2.00 bits per heavy atom. The quantitative estimate of drug-likeness (QED) is 0.807. The summed E-state index contributed by atoms with van der Waals surface area (Å²) in [5.41, 5.74) is 0.778. The van der Waals surface area contributed by atoms with E-state index >= 15 is 0 Å². The number of aromatic nitrogens is 1. The van der Waals surface area contributed by atoms with Gasteiger partial charge in [-0.15, -0.1) is 0 Å². The first-order valence-corrected chi connectivity index (χ1v) is 4.56. The van der Waals surface area contributed by atoms with Gasteiger partial charge in [0.05, 0.1) is 11.7 Å². The molecule has 0 aliphatic heterocycles. The van der Waals surface area contributed by atoms with Crippen LogP contribution in [0.25, 0.3) is 0 Å². The van der Waals surface area contributed by atoms with E-state index < -0.39 is 12.5 Å². The zero-order chi connectivity index (χ0) is 10.6. The van der Waals surface area contributed by atoms with E-state index in [-0.39, 0.29) is 6.04 Å². The van der Waals surface area contributed by atoms with Crippen molar-refractivity contribution in [3.8, 4) is 0 Å². The molecule has 2 atom stereocenters. The molecule has 4 heteroatoms. The Labute approximate surface area is 82.4 Å². The summed E-state index contributed by atoms with van der Waals surface area (Å²) in [6.07, 6.45) is -0.693. The third-order valence-corrected chi connectivity index (χ3v) is 2.02. The van der Waals surface area contributed by atoms with E-state index in [2.05, 4.69) is 10.3 Å². The van der Waals surface area contributed by atoms with Crippen LogP contribution in [0.2, 0.25) is 0 Å². The van der Waals surface area contributed by atoms with Crippen LogP contribution in [0.1, 0.15) is 25.6 Å². The van der Waals surface area contributed by atoms with Crippen molar-refractivity contribution in [3.05, 3.63) is 30.1 Å². The van der Waals surface area contributed by atoms with Gasteiger partial charge in [-0.25, -0.2) is 8.78 Å². The maximum Gasteiger partial charge on any atom is 0.253 e. The molecule has 0 aliphatic carbocycles. The maximum absolute atomic E-state index is 12.2. The summed E-state index contributed by atoms with van der Waals surface area (Å²) < 4.78 is 24.4. The highest BCUT2D eigenvalue weighted by atomic mass is 19.3. The molecule has 0 saturated carbocycles. The topological polar surface area (TPSA) is 24.9 Å². The molecule has 1 rings (SSSR count). The fourth-order valence-corrected chi connectivity index (χ4v) is 1.18. The number of pyridine rings is 1. The summed E-state index contributed by atoms with van der Waals surface area (Å²) in [4.78, 5) is 4.08. The fraction of sp³-hybridized carbons (Fsp3) is 0.500. The highest BCUT2D eigenvalue weighted by molar-refractivity contribution is 5.07. The number of hydrogen-bond donors (Lipinski definition) is 1. The molecule has 14 heavy (non-hydrogen) atoms. The van der Waals surface area contributed by atoms with Gasteiger partial charge in [0.25, 0.3) is 6.43 Å². The van der Waals surface area contributed by atoms with Gasteiger partial charge < -0.3 is 5.32 Å². The Hall–Kier alpha value is -1.03. The largest absolute Gasteiger partial charge is 0.301 e. The van der Waals surface area contributed by atoms with E-state index in [4.69, 9.17) is 0 Å². The highest BCUT2D eigenvalue weighted by Gasteiger charge is 2.17. The first-order chi connectivity index (χ1) is 6.61. The van der Waals surface area contributed by atoms with Gasteiger partial charge in [-0.1, -0.05) is 6.07 Å². The number of nitrogens with one attached hydrogen (secondary N) is 1. The third kappa shape index (κ3) is 3.03. The summed E-state index contributed by atoms with van der Waals surface area (Å²) in [6.45, 7) is 3.28. The molecular weight excluding hydrogens is 186 g/mol. The van der Waals surface area contributed by atoms with Gasteiger partial charge >= 0.3 is 0 Å². The lowest BCUT2D eigenvalue weighted by atomic mass is 10.2. The Balaban J connectivity index is 2.55. The smallest absolute Gasteiger partial charge is 0.253 e. The minimum atomic E-state index is -2.35. The summed E-state index contributed by atoms with van der Waals surface area (Å²) in [5, 5.41) is 2.78. The molecule has 0 amide bonds. The first-order valence-electron chi connectivity index (χ1n) is 4.56. The van der Waals surface area contributed by atoms with Gasteiger partial charge in [-0.3, -0.25) is 4.98 Å². The number of alkyl halides is 2. The van der Waals surface area contributed by atoms with Crippen LogP contribution < -0.4 is 5.32 Å². The molecule has 1 heterocycles. The van der Waals surface area contributed by atoms with E-state index in [0.29, 0.717) is 0 Å². The standard InChI is InChI=1S/C10H14F2N2/c1-7(14-8(2)10(11)12)9-5-3-4-6-13-9/h3-8,10,14H,1-2H3. The van der Waals surface area contributed by atoms with Crippen molar-refractivity contribution in [1.82, 2.24) is 10.3 Å². The second-order valence-electron chi connectivity index (χ2n) is 3.27. The lowest BCUT2D eigenvalue weighted by molar-refractivity contribution is 0.101. The van der Waals surface area contributed by atoms with Crippen molar-refractivity contribution in [2.24, 2.45) is 0 Å². The normalized spacial score (nSPS) is 15.5. The predicted molar refractivity (Wildman–Crippen MR) is 51.3 cm³/mol.